The van der Waals surface area contributed by atoms with Gasteiger partial charge in [-0.05, 0) is 63.1 Å². The fourth-order valence-electron chi connectivity index (χ4n) is 1.43. The van der Waals surface area contributed by atoms with Crippen molar-refractivity contribution in [2.75, 3.05) is 0 Å². The Morgan fingerprint density at radius 3 is 2.50 bits per heavy atom. The van der Waals surface area contributed by atoms with Crippen LogP contribution in [0.25, 0.3) is 0 Å². The molecule has 1 amide bonds. The summed E-state index contributed by atoms with van der Waals surface area (Å²) < 4.78 is 1.37. The van der Waals surface area contributed by atoms with Crippen LogP contribution in [0, 0.1) is 3.57 Å². The van der Waals surface area contributed by atoms with E-state index in [4.69, 9.17) is 10.2 Å². The molecule has 1 unspecified atom stereocenters. The Morgan fingerprint density at radius 1 is 1.30 bits per heavy atom. The van der Waals surface area contributed by atoms with Crippen molar-refractivity contribution in [3.8, 4) is 0 Å². The molecule has 8 heteroatoms. The molecule has 1 rings (SSSR count). The van der Waals surface area contributed by atoms with Crippen molar-refractivity contribution in [2.45, 2.75) is 18.9 Å². The lowest BCUT2D eigenvalue weighted by atomic mass is 10.1. The molecule has 0 radical (unpaired) electrons. The number of amides is 1. The maximum Gasteiger partial charge on any atom is 0.326 e. The van der Waals surface area contributed by atoms with Gasteiger partial charge in [-0.25, -0.2) is 4.79 Å². The lowest BCUT2D eigenvalue weighted by Crippen LogP contribution is -2.41. The first kappa shape index (κ1) is 16.9. The molecular weight excluding hydrogens is 445 g/mol. The van der Waals surface area contributed by atoms with E-state index in [1.54, 1.807) is 18.2 Å². The van der Waals surface area contributed by atoms with E-state index in [1.807, 2.05) is 22.6 Å². The molecule has 0 aliphatic carbocycles. The van der Waals surface area contributed by atoms with Gasteiger partial charge >= 0.3 is 11.9 Å². The Hall–Kier alpha value is -1.16. The fourth-order valence-corrected chi connectivity index (χ4v) is 2.35. The monoisotopic (exact) mass is 455 g/mol. The molecule has 0 aliphatic heterocycles. The molecule has 0 aliphatic rings. The van der Waals surface area contributed by atoms with Gasteiger partial charge in [0, 0.05) is 14.5 Å². The van der Waals surface area contributed by atoms with E-state index < -0.39 is 23.9 Å². The minimum atomic E-state index is -1.26. The van der Waals surface area contributed by atoms with Crippen LogP contribution >= 0.6 is 38.5 Å². The highest BCUT2D eigenvalue weighted by Crippen LogP contribution is 2.19. The SMILES string of the molecule is O=C(O)CCC(NC(=O)c1cc(I)ccc1Br)C(=O)O. The Balaban J connectivity index is 2.82. The second-order valence-corrected chi connectivity index (χ2v) is 6.02. The zero-order valence-electron chi connectivity index (χ0n) is 10.1. The molecule has 0 saturated carbocycles. The number of carbonyl (C=O) groups excluding carboxylic acids is 1. The third kappa shape index (κ3) is 5.08. The summed E-state index contributed by atoms with van der Waals surface area (Å²) in [5.74, 6) is -2.93. The summed E-state index contributed by atoms with van der Waals surface area (Å²) in [7, 11) is 0. The largest absolute Gasteiger partial charge is 0.481 e. The van der Waals surface area contributed by atoms with E-state index in [2.05, 4.69) is 21.2 Å². The van der Waals surface area contributed by atoms with Crippen LogP contribution in [0.5, 0.6) is 0 Å². The van der Waals surface area contributed by atoms with E-state index >= 15 is 0 Å². The highest BCUT2D eigenvalue weighted by molar-refractivity contribution is 14.1. The van der Waals surface area contributed by atoms with E-state index in [9.17, 15) is 14.4 Å². The number of nitrogens with one attached hydrogen (secondary N) is 1. The standard InChI is InChI=1S/C12H11BrINO5/c13-8-2-1-6(14)5-7(8)11(18)15-9(12(19)20)3-4-10(16)17/h1-2,5,9H,3-4H2,(H,15,18)(H,16,17)(H,19,20). The van der Waals surface area contributed by atoms with Crippen molar-refractivity contribution in [2.24, 2.45) is 0 Å². The van der Waals surface area contributed by atoms with Gasteiger partial charge < -0.3 is 15.5 Å². The Morgan fingerprint density at radius 2 is 1.95 bits per heavy atom. The summed E-state index contributed by atoms with van der Waals surface area (Å²) in [5, 5.41) is 19.9. The zero-order valence-corrected chi connectivity index (χ0v) is 13.8. The quantitative estimate of drug-likeness (QED) is 0.570. The molecule has 1 aromatic rings. The van der Waals surface area contributed by atoms with Crippen molar-refractivity contribution < 1.29 is 24.6 Å². The molecule has 0 fully saturated rings. The fraction of sp³-hybridized carbons (Fsp3) is 0.250. The molecule has 6 nitrogen and oxygen atoms in total. The lowest BCUT2D eigenvalue weighted by molar-refractivity contribution is -0.140. The smallest absolute Gasteiger partial charge is 0.326 e. The summed E-state index contributed by atoms with van der Waals surface area (Å²) in [5.41, 5.74) is 0.304. The summed E-state index contributed by atoms with van der Waals surface area (Å²) in [4.78, 5) is 33.5. The topological polar surface area (TPSA) is 104 Å². The Bertz CT molecular complexity index is 549. The highest BCUT2D eigenvalue weighted by Gasteiger charge is 2.22. The summed E-state index contributed by atoms with van der Waals surface area (Å²) in [6.07, 6.45) is -0.497. The van der Waals surface area contributed by atoms with Crippen LogP contribution < -0.4 is 5.32 Å². The average Bonchev–Trinajstić information content (AvgIpc) is 2.36. The Kier molecular flexibility index (Phi) is 6.40. The summed E-state index contributed by atoms with van der Waals surface area (Å²) in [6, 6.07) is 3.85. The molecule has 108 valence electrons. The first-order chi connectivity index (χ1) is 9.31. The number of rotatable bonds is 6. The summed E-state index contributed by atoms with van der Waals surface area (Å²) in [6.45, 7) is 0. The molecule has 1 aromatic carbocycles. The number of carbonyl (C=O) groups is 3. The average molecular weight is 456 g/mol. The second kappa shape index (κ2) is 7.58. The molecule has 0 bridgehead atoms. The summed E-state index contributed by atoms with van der Waals surface area (Å²) >= 11 is 5.25. The molecule has 0 aromatic heterocycles. The third-order valence-corrected chi connectivity index (χ3v) is 3.79. The number of benzene rings is 1. The zero-order chi connectivity index (χ0) is 15.3. The van der Waals surface area contributed by atoms with Gasteiger partial charge in [-0.1, -0.05) is 0 Å². The number of aliphatic carboxylic acids is 2. The van der Waals surface area contributed by atoms with Gasteiger partial charge in [-0.2, -0.15) is 0 Å². The molecule has 1 atom stereocenters. The van der Waals surface area contributed by atoms with E-state index in [1.165, 1.54) is 0 Å². The number of carboxylic acids is 2. The van der Waals surface area contributed by atoms with Crippen molar-refractivity contribution in [3.63, 3.8) is 0 Å². The van der Waals surface area contributed by atoms with E-state index in [0.717, 1.165) is 3.57 Å². The minimum absolute atomic E-state index is 0.169. The van der Waals surface area contributed by atoms with Crippen LogP contribution in [0.2, 0.25) is 0 Å². The Labute approximate surface area is 136 Å². The highest BCUT2D eigenvalue weighted by atomic mass is 127. The maximum absolute atomic E-state index is 12.0. The van der Waals surface area contributed by atoms with Gasteiger partial charge in [0.25, 0.3) is 5.91 Å². The lowest BCUT2D eigenvalue weighted by Gasteiger charge is -2.14. The van der Waals surface area contributed by atoms with Crippen molar-refractivity contribution in [3.05, 3.63) is 31.8 Å². The minimum Gasteiger partial charge on any atom is -0.481 e. The van der Waals surface area contributed by atoms with Gasteiger partial charge in [0.2, 0.25) is 0 Å². The predicted molar refractivity (Wildman–Crippen MR) is 82.6 cm³/mol. The molecular formula is C12H11BrINO5. The van der Waals surface area contributed by atoms with Crippen molar-refractivity contribution in [1.29, 1.82) is 0 Å². The van der Waals surface area contributed by atoms with Gasteiger partial charge in [-0.15, -0.1) is 0 Å². The normalized spacial score (nSPS) is 11.7. The number of halogens is 2. The van der Waals surface area contributed by atoms with E-state index in [-0.39, 0.29) is 12.8 Å². The van der Waals surface area contributed by atoms with Crippen LogP contribution in [0.15, 0.2) is 22.7 Å². The number of hydrogen-bond donors (Lipinski definition) is 3. The van der Waals surface area contributed by atoms with Gasteiger partial charge in [0.1, 0.15) is 6.04 Å². The van der Waals surface area contributed by atoms with Gasteiger partial charge in [-0.3, -0.25) is 9.59 Å². The second-order valence-electron chi connectivity index (χ2n) is 3.92. The molecule has 0 spiro atoms. The molecule has 20 heavy (non-hydrogen) atoms. The van der Waals surface area contributed by atoms with Crippen molar-refractivity contribution in [1.82, 2.24) is 5.32 Å². The van der Waals surface area contributed by atoms with Gasteiger partial charge in [0.15, 0.2) is 0 Å². The maximum atomic E-state index is 12.0. The molecule has 0 saturated heterocycles. The van der Waals surface area contributed by atoms with Crippen LogP contribution in [0.1, 0.15) is 23.2 Å². The number of carboxylic acid groups (broad SMARTS) is 2. The van der Waals surface area contributed by atoms with Crippen LogP contribution in [0.3, 0.4) is 0 Å². The van der Waals surface area contributed by atoms with Crippen LogP contribution in [-0.2, 0) is 9.59 Å². The number of hydrogen-bond acceptors (Lipinski definition) is 3. The van der Waals surface area contributed by atoms with E-state index in [0.29, 0.717) is 10.0 Å². The predicted octanol–water partition coefficient (Wildman–Crippen LogP) is 2.10. The first-order valence-corrected chi connectivity index (χ1v) is 7.39. The first-order valence-electron chi connectivity index (χ1n) is 5.51. The third-order valence-electron chi connectivity index (χ3n) is 2.42. The van der Waals surface area contributed by atoms with Gasteiger partial charge in [0.05, 0.1) is 5.56 Å². The van der Waals surface area contributed by atoms with Crippen LogP contribution in [-0.4, -0.2) is 34.1 Å². The molecule has 0 heterocycles. The van der Waals surface area contributed by atoms with Crippen molar-refractivity contribution >= 4 is 56.4 Å². The molecule has 3 N–H and O–H groups in total. The van der Waals surface area contributed by atoms with Crippen LogP contribution in [0.4, 0.5) is 0 Å².